The maximum atomic E-state index is 12.0. The van der Waals surface area contributed by atoms with Gasteiger partial charge in [0.25, 0.3) is 5.91 Å². The number of nitrogens with one attached hydrogen (secondary N) is 1. The zero-order valence-corrected chi connectivity index (χ0v) is 10.6. The van der Waals surface area contributed by atoms with Gasteiger partial charge in [0.15, 0.2) is 0 Å². The number of amides is 1. The fourth-order valence-electron chi connectivity index (χ4n) is 1.85. The fraction of sp³-hybridized carbons (Fsp3) is 0. The first-order valence-corrected chi connectivity index (χ1v) is 6.14. The van der Waals surface area contributed by atoms with Gasteiger partial charge in [-0.15, -0.1) is 0 Å². The Kier molecular flexibility index (Phi) is 3.24. The van der Waals surface area contributed by atoms with Gasteiger partial charge in [0, 0.05) is 30.5 Å². The van der Waals surface area contributed by atoms with Crippen LogP contribution in [0.3, 0.4) is 0 Å². The summed E-state index contributed by atoms with van der Waals surface area (Å²) in [6.45, 7) is 0. The quantitative estimate of drug-likeness (QED) is 0.790. The maximum absolute atomic E-state index is 12.0. The number of rotatable bonds is 3. The number of benzene rings is 1. The number of carbonyl (C=O) groups excluding carboxylic acids is 1. The molecule has 0 atom stereocenters. The summed E-state index contributed by atoms with van der Waals surface area (Å²) in [6.07, 6.45) is 6.73. The predicted octanol–water partition coefficient (Wildman–Crippen LogP) is 2.52. The summed E-state index contributed by atoms with van der Waals surface area (Å²) in [5, 5.41) is 7.00. The molecule has 0 aliphatic rings. The van der Waals surface area contributed by atoms with Crippen LogP contribution >= 0.6 is 0 Å². The molecule has 3 aromatic rings. The van der Waals surface area contributed by atoms with E-state index in [9.17, 15) is 4.79 Å². The van der Waals surface area contributed by atoms with E-state index in [1.54, 1.807) is 29.2 Å². The number of carbonyl (C=O) groups is 1. The van der Waals surface area contributed by atoms with E-state index in [2.05, 4.69) is 15.4 Å². The van der Waals surface area contributed by atoms with Gasteiger partial charge in [0.05, 0.1) is 11.3 Å². The molecule has 0 aliphatic heterocycles. The molecule has 2 aromatic heterocycles. The van der Waals surface area contributed by atoms with Crippen LogP contribution < -0.4 is 5.32 Å². The van der Waals surface area contributed by atoms with Gasteiger partial charge in [-0.05, 0) is 36.4 Å². The monoisotopic (exact) mass is 264 g/mol. The molecule has 0 unspecified atom stereocenters. The zero-order chi connectivity index (χ0) is 13.8. The van der Waals surface area contributed by atoms with Crippen LogP contribution in [0.2, 0.25) is 0 Å². The van der Waals surface area contributed by atoms with Crippen molar-refractivity contribution < 1.29 is 4.79 Å². The lowest BCUT2D eigenvalue weighted by Crippen LogP contribution is -2.12. The predicted molar refractivity (Wildman–Crippen MR) is 75.8 cm³/mol. The average Bonchev–Trinajstić information content (AvgIpc) is 3.03. The number of aromatic nitrogens is 3. The van der Waals surface area contributed by atoms with Crippen LogP contribution in [0.4, 0.5) is 5.69 Å². The van der Waals surface area contributed by atoms with Gasteiger partial charge >= 0.3 is 0 Å². The molecule has 0 saturated heterocycles. The van der Waals surface area contributed by atoms with E-state index in [1.165, 1.54) is 6.20 Å². The van der Waals surface area contributed by atoms with Crippen LogP contribution in [-0.4, -0.2) is 20.7 Å². The van der Waals surface area contributed by atoms with E-state index < -0.39 is 0 Å². The topological polar surface area (TPSA) is 59.8 Å². The van der Waals surface area contributed by atoms with Crippen molar-refractivity contribution in [1.29, 1.82) is 0 Å². The molecule has 0 fully saturated rings. The molecular weight excluding hydrogens is 252 g/mol. The van der Waals surface area contributed by atoms with E-state index in [0.29, 0.717) is 11.3 Å². The van der Waals surface area contributed by atoms with Gasteiger partial charge in [-0.25, -0.2) is 4.68 Å². The average molecular weight is 264 g/mol. The molecule has 0 aliphatic carbocycles. The highest BCUT2D eigenvalue weighted by Crippen LogP contribution is 2.14. The minimum atomic E-state index is -0.185. The van der Waals surface area contributed by atoms with Gasteiger partial charge in [-0.1, -0.05) is 6.07 Å². The van der Waals surface area contributed by atoms with E-state index in [-0.39, 0.29) is 5.91 Å². The molecule has 1 aromatic carbocycles. The van der Waals surface area contributed by atoms with Crippen molar-refractivity contribution in [3.8, 4) is 5.69 Å². The Morgan fingerprint density at radius 2 is 2.05 bits per heavy atom. The Labute approximate surface area is 115 Å². The number of pyridine rings is 1. The third-order valence-electron chi connectivity index (χ3n) is 2.80. The number of hydrogen-bond donors (Lipinski definition) is 1. The van der Waals surface area contributed by atoms with Crippen LogP contribution in [0.5, 0.6) is 0 Å². The molecule has 2 heterocycles. The molecule has 0 bridgehead atoms. The first kappa shape index (κ1) is 12.1. The largest absolute Gasteiger partial charge is 0.322 e. The SMILES string of the molecule is O=C(Nc1cccc(-n2cccn2)c1)c1cccnc1. The van der Waals surface area contributed by atoms with Gasteiger partial charge in [-0.3, -0.25) is 9.78 Å². The third-order valence-corrected chi connectivity index (χ3v) is 2.80. The molecule has 5 heteroatoms. The molecule has 0 saturated carbocycles. The van der Waals surface area contributed by atoms with E-state index in [0.717, 1.165) is 5.69 Å². The summed E-state index contributed by atoms with van der Waals surface area (Å²) >= 11 is 0. The van der Waals surface area contributed by atoms with E-state index in [1.807, 2.05) is 36.5 Å². The summed E-state index contributed by atoms with van der Waals surface area (Å²) in [6, 6.07) is 12.8. The number of nitrogens with zero attached hydrogens (tertiary/aromatic N) is 3. The molecule has 1 N–H and O–H groups in total. The second-order valence-corrected chi connectivity index (χ2v) is 4.20. The summed E-state index contributed by atoms with van der Waals surface area (Å²) in [5.74, 6) is -0.185. The Bertz CT molecular complexity index is 708. The first-order chi connectivity index (χ1) is 9.83. The van der Waals surface area contributed by atoms with Gasteiger partial charge in [0.1, 0.15) is 0 Å². The summed E-state index contributed by atoms with van der Waals surface area (Å²) in [7, 11) is 0. The van der Waals surface area contributed by atoms with Crippen LogP contribution in [0, 0.1) is 0 Å². The molecule has 5 nitrogen and oxygen atoms in total. The number of anilines is 1. The number of hydrogen-bond acceptors (Lipinski definition) is 3. The minimum absolute atomic E-state index is 0.185. The van der Waals surface area contributed by atoms with Crippen molar-refractivity contribution >= 4 is 11.6 Å². The normalized spacial score (nSPS) is 10.2. The van der Waals surface area contributed by atoms with Crippen LogP contribution in [0.25, 0.3) is 5.69 Å². The Morgan fingerprint density at radius 3 is 2.80 bits per heavy atom. The Morgan fingerprint density at radius 1 is 1.10 bits per heavy atom. The van der Waals surface area contributed by atoms with Gasteiger partial charge in [-0.2, -0.15) is 5.10 Å². The summed E-state index contributed by atoms with van der Waals surface area (Å²) in [4.78, 5) is 16.0. The standard InChI is InChI=1S/C15H12N4O/c20-15(12-4-2-7-16-11-12)18-13-5-1-6-14(10-13)19-9-3-8-17-19/h1-11H,(H,18,20). The van der Waals surface area contributed by atoms with Gasteiger partial charge < -0.3 is 5.32 Å². The highest BCUT2D eigenvalue weighted by atomic mass is 16.1. The van der Waals surface area contributed by atoms with E-state index in [4.69, 9.17) is 0 Å². The lowest BCUT2D eigenvalue weighted by Gasteiger charge is -2.07. The molecule has 3 rings (SSSR count). The molecule has 20 heavy (non-hydrogen) atoms. The summed E-state index contributed by atoms with van der Waals surface area (Å²) in [5.41, 5.74) is 2.13. The maximum Gasteiger partial charge on any atom is 0.257 e. The molecule has 1 amide bonds. The smallest absolute Gasteiger partial charge is 0.257 e. The third kappa shape index (κ3) is 2.56. The molecule has 98 valence electrons. The molecule has 0 radical (unpaired) electrons. The van der Waals surface area contributed by atoms with Crippen molar-refractivity contribution in [3.63, 3.8) is 0 Å². The molecular formula is C15H12N4O. The van der Waals surface area contributed by atoms with Crippen LogP contribution in [0.15, 0.2) is 67.3 Å². The van der Waals surface area contributed by atoms with Crippen molar-refractivity contribution in [1.82, 2.24) is 14.8 Å². The van der Waals surface area contributed by atoms with Crippen molar-refractivity contribution in [2.45, 2.75) is 0 Å². The van der Waals surface area contributed by atoms with Crippen molar-refractivity contribution in [2.75, 3.05) is 5.32 Å². The lowest BCUT2D eigenvalue weighted by atomic mass is 10.2. The van der Waals surface area contributed by atoms with Crippen LogP contribution in [0.1, 0.15) is 10.4 Å². The van der Waals surface area contributed by atoms with Crippen molar-refractivity contribution in [2.24, 2.45) is 0 Å². The Balaban J connectivity index is 1.82. The first-order valence-electron chi connectivity index (χ1n) is 6.14. The van der Waals surface area contributed by atoms with Crippen molar-refractivity contribution in [3.05, 3.63) is 72.8 Å². The Hall–Kier alpha value is -2.95. The van der Waals surface area contributed by atoms with Gasteiger partial charge in [0.2, 0.25) is 0 Å². The lowest BCUT2D eigenvalue weighted by molar-refractivity contribution is 0.102. The minimum Gasteiger partial charge on any atom is -0.322 e. The van der Waals surface area contributed by atoms with E-state index >= 15 is 0 Å². The highest BCUT2D eigenvalue weighted by molar-refractivity contribution is 6.04. The zero-order valence-electron chi connectivity index (χ0n) is 10.6. The highest BCUT2D eigenvalue weighted by Gasteiger charge is 2.06. The second-order valence-electron chi connectivity index (χ2n) is 4.20. The summed E-state index contributed by atoms with van der Waals surface area (Å²) < 4.78 is 1.74. The van der Waals surface area contributed by atoms with Crippen LogP contribution in [-0.2, 0) is 0 Å². The fourth-order valence-corrected chi connectivity index (χ4v) is 1.85. The molecule has 0 spiro atoms. The second kappa shape index (κ2) is 5.36.